The van der Waals surface area contributed by atoms with Gasteiger partial charge in [-0.05, 0) is 22.4 Å². The quantitative estimate of drug-likeness (QED) is 0.873. The van der Waals surface area contributed by atoms with E-state index in [0.29, 0.717) is 16.4 Å². The molecule has 0 spiro atoms. The van der Waals surface area contributed by atoms with Crippen LogP contribution in [-0.4, -0.2) is 24.0 Å². The summed E-state index contributed by atoms with van der Waals surface area (Å²) < 4.78 is 4.56. The van der Waals surface area contributed by atoms with Crippen molar-refractivity contribution in [3.05, 3.63) is 33.5 Å². The molecule has 0 radical (unpaired) electrons. The number of hydrogen-bond acceptors (Lipinski definition) is 6. The average molecular weight is 282 g/mol. The van der Waals surface area contributed by atoms with Gasteiger partial charge >= 0.3 is 5.97 Å². The number of thiazole rings is 1. The number of carbonyl (C=O) groups is 2. The minimum atomic E-state index is -0.453. The third-order valence-corrected chi connectivity index (χ3v) is 3.71. The maximum absolute atomic E-state index is 11.7. The highest BCUT2D eigenvalue weighted by molar-refractivity contribution is 7.17. The summed E-state index contributed by atoms with van der Waals surface area (Å²) in [4.78, 5) is 27.2. The first kappa shape index (κ1) is 12.7. The van der Waals surface area contributed by atoms with E-state index < -0.39 is 5.97 Å². The minimum Gasteiger partial charge on any atom is -0.465 e. The SMILES string of the molecule is COC(=O)c1cnc(NC(=O)Cc2ccsc2)s1. The van der Waals surface area contributed by atoms with E-state index >= 15 is 0 Å². The van der Waals surface area contributed by atoms with Crippen LogP contribution in [0.2, 0.25) is 0 Å². The number of rotatable bonds is 4. The van der Waals surface area contributed by atoms with E-state index in [9.17, 15) is 9.59 Å². The molecular weight excluding hydrogens is 272 g/mol. The predicted molar refractivity (Wildman–Crippen MR) is 70.1 cm³/mol. The Labute approximate surface area is 111 Å². The lowest BCUT2D eigenvalue weighted by Crippen LogP contribution is -2.13. The zero-order chi connectivity index (χ0) is 13.0. The van der Waals surface area contributed by atoms with Crippen LogP contribution in [0.25, 0.3) is 0 Å². The van der Waals surface area contributed by atoms with Gasteiger partial charge in [-0.1, -0.05) is 11.3 Å². The van der Waals surface area contributed by atoms with E-state index in [1.807, 2.05) is 16.8 Å². The van der Waals surface area contributed by atoms with Crippen molar-refractivity contribution in [2.45, 2.75) is 6.42 Å². The van der Waals surface area contributed by atoms with E-state index in [-0.39, 0.29) is 5.91 Å². The summed E-state index contributed by atoms with van der Waals surface area (Å²) in [6, 6.07) is 1.89. The molecule has 0 aliphatic heterocycles. The first-order chi connectivity index (χ1) is 8.69. The molecule has 0 atom stereocenters. The van der Waals surface area contributed by atoms with Gasteiger partial charge in [0.25, 0.3) is 0 Å². The topological polar surface area (TPSA) is 68.3 Å². The third-order valence-electron chi connectivity index (χ3n) is 2.08. The molecule has 2 rings (SSSR count). The van der Waals surface area contributed by atoms with E-state index in [0.717, 1.165) is 16.9 Å². The fourth-order valence-corrected chi connectivity index (χ4v) is 2.69. The molecule has 0 saturated heterocycles. The summed E-state index contributed by atoms with van der Waals surface area (Å²) in [6.45, 7) is 0. The average Bonchev–Trinajstić information content (AvgIpc) is 2.99. The zero-order valence-corrected chi connectivity index (χ0v) is 11.1. The van der Waals surface area contributed by atoms with Crippen molar-refractivity contribution in [3.8, 4) is 0 Å². The highest BCUT2D eigenvalue weighted by Gasteiger charge is 2.12. The van der Waals surface area contributed by atoms with Crippen LogP contribution in [0.15, 0.2) is 23.0 Å². The van der Waals surface area contributed by atoms with Gasteiger partial charge in [0, 0.05) is 0 Å². The summed E-state index contributed by atoms with van der Waals surface area (Å²) in [5.74, 6) is -0.606. The molecule has 0 aliphatic carbocycles. The Morgan fingerprint density at radius 2 is 2.33 bits per heavy atom. The number of hydrogen-bond donors (Lipinski definition) is 1. The summed E-state index contributed by atoms with van der Waals surface area (Å²) in [5.41, 5.74) is 0.960. The van der Waals surface area contributed by atoms with Gasteiger partial charge in [-0.2, -0.15) is 11.3 Å². The Kier molecular flexibility index (Phi) is 4.06. The Morgan fingerprint density at radius 3 is 3.00 bits per heavy atom. The maximum atomic E-state index is 11.7. The first-order valence-electron chi connectivity index (χ1n) is 5.04. The number of anilines is 1. The largest absolute Gasteiger partial charge is 0.465 e. The van der Waals surface area contributed by atoms with E-state index in [4.69, 9.17) is 0 Å². The van der Waals surface area contributed by atoms with Gasteiger partial charge in [0.2, 0.25) is 5.91 Å². The molecule has 2 aromatic heterocycles. The molecule has 18 heavy (non-hydrogen) atoms. The highest BCUT2D eigenvalue weighted by atomic mass is 32.1. The lowest BCUT2D eigenvalue weighted by molar-refractivity contribution is -0.115. The van der Waals surface area contributed by atoms with Crippen molar-refractivity contribution < 1.29 is 14.3 Å². The number of methoxy groups -OCH3 is 1. The van der Waals surface area contributed by atoms with Crippen LogP contribution in [0.5, 0.6) is 0 Å². The summed E-state index contributed by atoms with van der Waals surface area (Å²) in [7, 11) is 1.30. The van der Waals surface area contributed by atoms with Gasteiger partial charge in [-0.15, -0.1) is 0 Å². The van der Waals surface area contributed by atoms with Crippen molar-refractivity contribution in [1.29, 1.82) is 0 Å². The standard InChI is InChI=1S/C11H10N2O3S2/c1-16-10(15)8-5-12-11(18-8)13-9(14)4-7-2-3-17-6-7/h2-3,5-6H,4H2,1H3,(H,12,13,14). The summed E-state index contributed by atoms with van der Waals surface area (Å²) >= 11 is 2.64. The van der Waals surface area contributed by atoms with Gasteiger partial charge < -0.3 is 10.1 Å². The van der Waals surface area contributed by atoms with Crippen LogP contribution in [0, 0.1) is 0 Å². The molecule has 5 nitrogen and oxygen atoms in total. The first-order valence-corrected chi connectivity index (χ1v) is 6.80. The smallest absolute Gasteiger partial charge is 0.349 e. The van der Waals surface area contributed by atoms with Crippen LogP contribution in [-0.2, 0) is 16.0 Å². The molecule has 1 amide bonds. The summed E-state index contributed by atoms with van der Waals surface area (Å²) in [5, 5.41) is 6.88. The Bertz CT molecular complexity index is 548. The third kappa shape index (κ3) is 3.14. The van der Waals surface area contributed by atoms with E-state index in [1.165, 1.54) is 13.3 Å². The van der Waals surface area contributed by atoms with E-state index in [2.05, 4.69) is 15.0 Å². The summed E-state index contributed by atoms with van der Waals surface area (Å²) in [6.07, 6.45) is 1.69. The molecule has 0 aliphatic rings. The molecule has 2 aromatic rings. The number of aromatic nitrogens is 1. The van der Waals surface area contributed by atoms with Crippen LogP contribution in [0.4, 0.5) is 5.13 Å². The predicted octanol–water partition coefficient (Wildman–Crippen LogP) is 2.17. The molecular formula is C11H10N2O3S2. The van der Waals surface area contributed by atoms with Crippen molar-refractivity contribution >= 4 is 39.7 Å². The highest BCUT2D eigenvalue weighted by Crippen LogP contribution is 2.19. The fourth-order valence-electron chi connectivity index (χ4n) is 1.27. The number of amides is 1. The van der Waals surface area contributed by atoms with E-state index in [1.54, 1.807) is 11.3 Å². The molecule has 2 heterocycles. The van der Waals surface area contributed by atoms with Crippen molar-refractivity contribution in [1.82, 2.24) is 4.98 Å². The minimum absolute atomic E-state index is 0.154. The van der Waals surface area contributed by atoms with Gasteiger partial charge in [0.1, 0.15) is 4.88 Å². The molecule has 0 bridgehead atoms. The van der Waals surface area contributed by atoms with Crippen molar-refractivity contribution in [3.63, 3.8) is 0 Å². The lowest BCUT2D eigenvalue weighted by atomic mass is 10.2. The Balaban J connectivity index is 1.95. The number of carbonyl (C=O) groups excluding carboxylic acids is 2. The molecule has 0 unspecified atom stereocenters. The maximum Gasteiger partial charge on any atom is 0.349 e. The molecule has 0 fully saturated rings. The lowest BCUT2D eigenvalue weighted by Gasteiger charge is -1.99. The number of esters is 1. The zero-order valence-electron chi connectivity index (χ0n) is 9.50. The van der Waals surface area contributed by atoms with Gasteiger partial charge in [0.15, 0.2) is 5.13 Å². The molecule has 0 aromatic carbocycles. The number of ether oxygens (including phenoxy) is 1. The molecule has 7 heteroatoms. The second-order valence-electron chi connectivity index (χ2n) is 3.38. The normalized spacial score (nSPS) is 10.1. The van der Waals surface area contributed by atoms with Crippen molar-refractivity contribution in [2.75, 3.05) is 12.4 Å². The second-order valence-corrected chi connectivity index (χ2v) is 5.19. The van der Waals surface area contributed by atoms with Gasteiger partial charge in [-0.25, -0.2) is 9.78 Å². The molecule has 0 saturated carbocycles. The Hall–Kier alpha value is -1.73. The fraction of sp³-hybridized carbons (Fsp3) is 0.182. The number of nitrogens with zero attached hydrogens (tertiary/aromatic N) is 1. The second kappa shape index (κ2) is 5.74. The number of nitrogens with one attached hydrogen (secondary N) is 1. The van der Waals surface area contributed by atoms with Crippen LogP contribution >= 0.6 is 22.7 Å². The number of thiophene rings is 1. The monoisotopic (exact) mass is 282 g/mol. The van der Waals surface area contributed by atoms with Gasteiger partial charge in [0.05, 0.1) is 19.7 Å². The molecule has 94 valence electrons. The Morgan fingerprint density at radius 1 is 1.50 bits per heavy atom. The molecule has 1 N–H and O–H groups in total. The van der Waals surface area contributed by atoms with Crippen LogP contribution in [0.1, 0.15) is 15.2 Å². The van der Waals surface area contributed by atoms with Crippen LogP contribution in [0.3, 0.4) is 0 Å². The van der Waals surface area contributed by atoms with Crippen molar-refractivity contribution in [2.24, 2.45) is 0 Å². The van der Waals surface area contributed by atoms with Gasteiger partial charge in [-0.3, -0.25) is 4.79 Å². The van der Waals surface area contributed by atoms with Crippen LogP contribution < -0.4 is 5.32 Å².